The van der Waals surface area contributed by atoms with Crippen molar-refractivity contribution < 1.29 is 9.13 Å². The topological polar surface area (TPSA) is 65.7 Å². The minimum atomic E-state index is -0.357. The van der Waals surface area contributed by atoms with Gasteiger partial charge >= 0.3 is 6.01 Å². The molecule has 0 spiro atoms. The molecule has 2 aromatic heterocycles. The summed E-state index contributed by atoms with van der Waals surface area (Å²) < 4.78 is 20.3. The number of hydrogen-bond donors (Lipinski definition) is 0. The number of rotatable bonds is 4. The molecule has 6 nitrogen and oxygen atoms in total. The van der Waals surface area contributed by atoms with Crippen LogP contribution in [0.15, 0.2) is 42.7 Å². The minimum Gasteiger partial charge on any atom is -0.458 e. The summed E-state index contributed by atoms with van der Waals surface area (Å²) in [4.78, 5) is 11.9. The molecule has 0 saturated carbocycles. The molecule has 21 heavy (non-hydrogen) atoms. The molecular weight excluding hydrogens is 297 g/mol. The first-order valence-corrected chi connectivity index (χ1v) is 6.38. The molecule has 0 bridgehead atoms. The van der Waals surface area contributed by atoms with Crippen LogP contribution in [0.4, 0.5) is 4.39 Å². The summed E-state index contributed by atoms with van der Waals surface area (Å²) in [7, 11) is 0. The Morgan fingerprint density at radius 1 is 1.14 bits per heavy atom. The zero-order valence-electron chi connectivity index (χ0n) is 10.6. The second-order valence-corrected chi connectivity index (χ2v) is 4.36. The average Bonchev–Trinajstić information content (AvgIpc) is 3.00. The molecule has 0 aliphatic rings. The Kier molecular flexibility index (Phi) is 3.74. The Hall–Kier alpha value is -2.54. The van der Waals surface area contributed by atoms with Gasteiger partial charge in [-0.2, -0.15) is 20.1 Å². The minimum absolute atomic E-state index is 0.00348. The lowest BCUT2D eigenvalue weighted by molar-refractivity contribution is 0.274. The van der Waals surface area contributed by atoms with Crippen molar-refractivity contribution in [1.29, 1.82) is 0 Å². The fourth-order valence-electron chi connectivity index (χ4n) is 1.63. The first-order valence-electron chi connectivity index (χ1n) is 6.00. The van der Waals surface area contributed by atoms with Crippen molar-refractivity contribution in [2.45, 2.75) is 6.61 Å². The van der Waals surface area contributed by atoms with Crippen molar-refractivity contribution in [3.05, 3.63) is 59.4 Å². The van der Waals surface area contributed by atoms with Crippen molar-refractivity contribution in [1.82, 2.24) is 24.7 Å². The molecule has 0 amide bonds. The zero-order valence-corrected chi connectivity index (χ0v) is 11.4. The van der Waals surface area contributed by atoms with E-state index in [9.17, 15) is 4.39 Å². The predicted molar refractivity (Wildman–Crippen MR) is 72.7 cm³/mol. The van der Waals surface area contributed by atoms with Crippen LogP contribution in [0, 0.1) is 5.82 Å². The SMILES string of the molecule is Fc1ccccc1COc1nc(Cl)nc(-n2cccn2)n1. The lowest BCUT2D eigenvalue weighted by Crippen LogP contribution is -2.07. The van der Waals surface area contributed by atoms with Gasteiger partial charge in [0.2, 0.25) is 5.28 Å². The quantitative estimate of drug-likeness (QED) is 0.740. The summed E-state index contributed by atoms with van der Waals surface area (Å²) in [5.74, 6) is -0.131. The van der Waals surface area contributed by atoms with Crippen LogP contribution in [0.3, 0.4) is 0 Å². The van der Waals surface area contributed by atoms with Crippen LogP contribution in [-0.4, -0.2) is 24.7 Å². The highest BCUT2D eigenvalue weighted by molar-refractivity contribution is 6.28. The highest BCUT2D eigenvalue weighted by Gasteiger charge is 2.09. The lowest BCUT2D eigenvalue weighted by Gasteiger charge is -2.07. The van der Waals surface area contributed by atoms with E-state index in [0.717, 1.165) is 0 Å². The third kappa shape index (κ3) is 3.14. The number of ether oxygens (including phenoxy) is 1. The maximum absolute atomic E-state index is 13.5. The van der Waals surface area contributed by atoms with E-state index < -0.39 is 0 Å². The third-order valence-electron chi connectivity index (χ3n) is 2.60. The summed E-state index contributed by atoms with van der Waals surface area (Å²) >= 11 is 5.82. The molecule has 8 heteroatoms. The fourth-order valence-corrected chi connectivity index (χ4v) is 1.78. The van der Waals surface area contributed by atoms with Crippen LogP contribution in [0.2, 0.25) is 5.28 Å². The average molecular weight is 306 g/mol. The van der Waals surface area contributed by atoms with Gasteiger partial charge in [0.15, 0.2) is 0 Å². The Morgan fingerprint density at radius 2 is 2.00 bits per heavy atom. The van der Waals surface area contributed by atoms with Crippen molar-refractivity contribution in [2.75, 3.05) is 0 Å². The normalized spacial score (nSPS) is 10.6. The third-order valence-corrected chi connectivity index (χ3v) is 2.77. The van der Waals surface area contributed by atoms with E-state index in [-0.39, 0.29) is 29.7 Å². The standard InChI is InChI=1S/C13H9ClFN5O/c14-11-17-12(20-7-3-6-16-20)19-13(18-11)21-8-9-4-1-2-5-10(9)15/h1-7H,8H2. The molecule has 1 aromatic carbocycles. The highest BCUT2D eigenvalue weighted by Crippen LogP contribution is 2.13. The van der Waals surface area contributed by atoms with E-state index in [4.69, 9.17) is 16.3 Å². The molecule has 0 aliphatic heterocycles. The van der Waals surface area contributed by atoms with E-state index in [1.807, 2.05) is 0 Å². The lowest BCUT2D eigenvalue weighted by atomic mass is 10.2. The first kappa shape index (κ1) is 13.4. The van der Waals surface area contributed by atoms with E-state index in [0.29, 0.717) is 5.56 Å². The molecule has 106 valence electrons. The maximum atomic E-state index is 13.5. The molecule has 3 aromatic rings. The number of hydrogen-bond acceptors (Lipinski definition) is 5. The van der Waals surface area contributed by atoms with E-state index in [1.54, 1.807) is 36.7 Å². The van der Waals surface area contributed by atoms with Gasteiger partial charge in [-0.3, -0.25) is 0 Å². The van der Waals surface area contributed by atoms with Crippen LogP contribution in [-0.2, 0) is 6.61 Å². The molecule has 0 fully saturated rings. The summed E-state index contributed by atoms with van der Waals surface area (Å²) in [6.07, 6.45) is 3.24. The van der Waals surface area contributed by atoms with Crippen LogP contribution in [0.25, 0.3) is 5.95 Å². The summed E-state index contributed by atoms with van der Waals surface area (Å²) in [5.41, 5.74) is 0.398. The van der Waals surface area contributed by atoms with Gasteiger partial charge in [0.25, 0.3) is 5.95 Å². The van der Waals surface area contributed by atoms with Gasteiger partial charge in [0.05, 0.1) is 0 Å². The van der Waals surface area contributed by atoms with E-state index >= 15 is 0 Å². The van der Waals surface area contributed by atoms with E-state index in [2.05, 4.69) is 20.1 Å². The maximum Gasteiger partial charge on any atom is 0.322 e. The van der Waals surface area contributed by atoms with Crippen LogP contribution in [0.5, 0.6) is 6.01 Å². The second-order valence-electron chi connectivity index (χ2n) is 4.02. The molecule has 0 radical (unpaired) electrons. The monoisotopic (exact) mass is 305 g/mol. The van der Waals surface area contributed by atoms with Crippen molar-refractivity contribution in [3.8, 4) is 12.0 Å². The van der Waals surface area contributed by atoms with Gasteiger partial charge in [-0.1, -0.05) is 18.2 Å². The number of nitrogens with zero attached hydrogens (tertiary/aromatic N) is 5. The van der Waals surface area contributed by atoms with Gasteiger partial charge < -0.3 is 4.74 Å². The zero-order chi connectivity index (χ0) is 14.7. The molecule has 3 rings (SSSR count). The van der Waals surface area contributed by atoms with Crippen molar-refractivity contribution in [3.63, 3.8) is 0 Å². The summed E-state index contributed by atoms with van der Waals surface area (Å²) in [6.45, 7) is -0.00837. The molecule has 0 atom stereocenters. The Bertz CT molecular complexity index is 750. The Balaban J connectivity index is 1.81. The summed E-state index contributed by atoms with van der Waals surface area (Å²) in [6, 6.07) is 8.02. The first-order chi connectivity index (χ1) is 10.2. The predicted octanol–water partition coefficient (Wildman–Crippen LogP) is 2.43. The van der Waals surface area contributed by atoms with Gasteiger partial charge in [0.1, 0.15) is 12.4 Å². The van der Waals surface area contributed by atoms with Crippen molar-refractivity contribution >= 4 is 11.6 Å². The van der Waals surface area contributed by atoms with Crippen LogP contribution in [0.1, 0.15) is 5.56 Å². The number of halogens is 2. The number of benzene rings is 1. The van der Waals surface area contributed by atoms with Crippen LogP contribution < -0.4 is 4.74 Å². The van der Waals surface area contributed by atoms with Gasteiger partial charge in [-0.15, -0.1) is 0 Å². The summed E-state index contributed by atoms with van der Waals surface area (Å²) in [5, 5.41) is 3.96. The number of aromatic nitrogens is 5. The van der Waals surface area contributed by atoms with Gasteiger partial charge in [-0.05, 0) is 23.7 Å². The molecule has 0 unspecified atom stereocenters. The Morgan fingerprint density at radius 3 is 2.76 bits per heavy atom. The second kappa shape index (κ2) is 5.84. The van der Waals surface area contributed by atoms with Crippen molar-refractivity contribution in [2.24, 2.45) is 0 Å². The molecule has 0 saturated heterocycles. The smallest absolute Gasteiger partial charge is 0.322 e. The molecule has 0 aliphatic carbocycles. The Labute approximate surface area is 124 Å². The van der Waals surface area contributed by atoms with Gasteiger partial charge in [0, 0.05) is 18.0 Å². The highest BCUT2D eigenvalue weighted by atomic mass is 35.5. The molecule has 0 N–H and O–H groups in total. The van der Waals surface area contributed by atoms with Crippen LogP contribution >= 0.6 is 11.6 Å². The van der Waals surface area contributed by atoms with Gasteiger partial charge in [-0.25, -0.2) is 9.07 Å². The van der Waals surface area contributed by atoms with E-state index in [1.165, 1.54) is 10.7 Å². The molecule has 2 heterocycles. The largest absolute Gasteiger partial charge is 0.458 e. The fraction of sp³-hybridized carbons (Fsp3) is 0.0769. The molecular formula is C13H9ClFN5O.